The summed E-state index contributed by atoms with van der Waals surface area (Å²) in [4.78, 5) is 67.6. The van der Waals surface area contributed by atoms with Crippen molar-refractivity contribution in [1.29, 1.82) is 0 Å². The molecule has 3 aromatic carbocycles. The molecule has 2 aliphatic heterocycles. The van der Waals surface area contributed by atoms with Crippen LogP contribution in [0.25, 0.3) is 0 Å². The predicted octanol–water partition coefficient (Wildman–Crippen LogP) is 4.87. The lowest BCUT2D eigenvalue weighted by atomic mass is 9.95. The number of carbonyl (C=O) groups excluding carboxylic acids is 5. The molecule has 0 saturated carbocycles. The molecule has 2 aliphatic rings. The molecule has 1 N–H and O–H groups in total. The average molecular weight is 657 g/mol. The van der Waals surface area contributed by atoms with Crippen molar-refractivity contribution in [2.24, 2.45) is 5.41 Å². The van der Waals surface area contributed by atoms with Crippen LogP contribution in [-0.2, 0) is 38.2 Å². The Balaban J connectivity index is 1.32. The molecule has 11 heteroatoms. The Morgan fingerprint density at radius 3 is 1.91 bits per heavy atom. The van der Waals surface area contributed by atoms with E-state index in [0.717, 1.165) is 11.1 Å². The summed E-state index contributed by atoms with van der Waals surface area (Å²) in [6, 6.07) is 26.0. The molecule has 2 amide bonds. The zero-order chi connectivity index (χ0) is 33.7. The quantitative estimate of drug-likeness (QED) is 0.141. The second-order valence-electron chi connectivity index (χ2n) is 12.2. The first-order valence-electron chi connectivity index (χ1n) is 15.1. The first-order chi connectivity index (χ1) is 22.5. The topological polar surface area (TPSA) is 128 Å². The highest BCUT2D eigenvalue weighted by Crippen LogP contribution is 2.41. The van der Waals surface area contributed by atoms with Crippen molar-refractivity contribution in [1.82, 2.24) is 10.2 Å². The maximum absolute atomic E-state index is 13.9. The molecule has 3 atom stereocenters. The number of nitrogens with zero attached hydrogens (tertiary/aromatic N) is 1. The number of esters is 3. The summed E-state index contributed by atoms with van der Waals surface area (Å²) in [6.07, 6.45) is -0.775. The Kier molecular flexibility index (Phi) is 10.1. The Bertz CT molecular complexity index is 1630. The number of nitrogens with one attached hydrogen (secondary N) is 1. The molecule has 2 unspecified atom stereocenters. The summed E-state index contributed by atoms with van der Waals surface area (Å²) in [7, 11) is 0. The number of hydrogen-bond donors (Lipinski definition) is 1. The van der Waals surface area contributed by atoms with Crippen LogP contribution in [-0.4, -0.2) is 58.6 Å². The second kappa shape index (κ2) is 14.3. The average Bonchev–Trinajstić information content (AvgIpc) is 3.06. The fourth-order valence-corrected chi connectivity index (χ4v) is 6.52. The number of rotatable bonds is 10. The minimum atomic E-state index is -1.37. The maximum atomic E-state index is 13.9. The molecule has 47 heavy (non-hydrogen) atoms. The highest BCUT2D eigenvalue weighted by atomic mass is 32.2. The lowest BCUT2D eigenvalue weighted by Crippen LogP contribution is -2.71. The predicted molar refractivity (Wildman–Crippen MR) is 174 cm³/mol. The van der Waals surface area contributed by atoms with E-state index in [9.17, 15) is 24.0 Å². The summed E-state index contributed by atoms with van der Waals surface area (Å²) < 4.78 is 16.3. The molecule has 5 rings (SSSR count). The van der Waals surface area contributed by atoms with Crippen molar-refractivity contribution < 1.29 is 38.2 Å². The van der Waals surface area contributed by atoms with E-state index in [1.165, 1.54) is 16.7 Å². The normalized spacial score (nSPS) is 18.1. The van der Waals surface area contributed by atoms with Crippen molar-refractivity contribution in [3.8, 4) is 0 Å². The Labute approximate surface area is 277 Å². The van der Waals surface area contributed by atoms with E-state index in [1.54, 1.807) is 58.0 Å². The maximum Gasteiger partial charge on any atom is 0.357 e. The van der Waals surface area contributed by atoms with Crippen LogP contribution in [0.15, 0.2) is 102 Å². The molecule has 0 aliphatic carbocycles. The molecule has 2 heterocycles. The number of β-lactam (4-membered cyclic amide) rings is 1. The summed E-state index contributed by atoms with van der Waals surface area (Å²) in [5.41, 5.74) is 1.74. The highest BCUT2D eigenvalue weighted by molar-refractivity contribution is 8.00. The molecule has 244 valence electrons. The third-order valence-electron chi connectivity index (χ3n) is 7.71. The molecule has 0 spiro atoms. The molecule has 1 fully saturated rings. The monoisotopic (exact) mass is 656 g/mol. The van der Waals surface area contributed by atoms with Crippen LogP contribution in [0.1, 0.15) is 56.4 Å². The minimum Gasteiger partial charge on any atom is -0.452 e. The second-order valence-corrected chi connectivity index (χ2v) is 13.3. The van der Waals surface area contributed by atoms with Gasteiger partial charge in [-0.3, -0.25) is 24.1 Å². The molecular formula is C36H36N2O8S. The van der Waals surface area contributed by atoms with Gasteiger partial charge < -0.3 is 19.5 Å². The number of hydrogen-bond acceptors (Lipinski definition) is 9. The summed E-state index contributed by atoms with van der Waals surface area (Å²) in [5, 5.41) is 2.14. The van der Waals surface area contributed by atoms with Gasteiger partial charge in [-0.15, -0.1) is 11.8 Å². The van der Waals surface area contributed by atoms with E-state index in [1.807, 2.05) is 60.7 Å². The van der Waals surface area contributed by atoms with Crippen LogP contribution >= 0.6 is 11.8 Å². The minimum absolute atomic E-state index is 0.0450. The van der Waals surface area contributed by atoms with E-state index in [-0.39, 0.29) is 5.70 Å². The highest BCUT2D eigenvalue weighted by Gasteiger charge is 2.54. The molecule has 0 radical (unpaired) electrons. The summed E-state index contributed by atoms with van der Waals surface area (Å²) in [6.45, 7) is 6.13. The van der Waals surface area contributed by atoms with Crippen molar-refractivity contribution >= 4 is 41.5 Å². The van der Waals surface area contributed by atoms with Crippen molar-refractivity contribution in [3.63, 3.8) is 0 Å². The van der Waals surface area contributed by atoms with Crippen LogP contribution in [0.5, 0.6) is 0 Å². The van der Waals surface area contributed by atoms with Gasteiger partial charge in [0.05, 0.1) is 5.41 Å². The molecule has 0 aromatic heterocycles. The van der Waals surface area contributed by atoms with Crippen LogP contribution < -0.4 is 5.32 Å². The van der Waals surface area contributed by atoms with Gasteiger partial charge in [0, 0.05) is 5.75 Å². The Morgan fingerprint density at radius 1 is 0.851 bits per heavy atom. The van der Waals surface area contributed by atoms with E-state index in [0.29, 0.717) is 16.9 Å². The van der Waals surface area contributed by atoms with E-state index in [4.69, 9.17) is 14.2 Å². The summed E-state index contributed by atoms with van der Waals surface area (Å²) in [5.74, 6) is -4.35. The van der Waals surface area contributed by atoms with Gasteiger partial charge in [-0.2, -0.15) is 0 Å². The van der Waals surface area contributed by atoms with Gasteiger partial charge in [-0.25, -0.2) is 4.79 Å². The number of thioether (sulfide) groups is 1. The number of ether oxygens (including phenoxy) is 3. The zero-order valence-electron chi connectivity index (χ0n) is 26.5. The van der Waals surface area contributed by atoms with E-state index >= 15 is 0 Å². The van der Waals surface area contributed by atoms with Crippen molar-refractivity contribution in [3.05, 3.63) is 119 Å². The first-order valence-corrected chi connectivity index (χ1v) is 16.2. The lowest BCUT2D eigenvalue weighted by molar-refractivity contribution is -0.173. The van der Waals surface area contributed by atoms with Gasteiger partial charge in [0.25, 0.3) is 5.91 Å². The van der Waals surface area contributed by atoms with Gasteiger partial charge in [-0.1, -0.05) is 91.0 Å². The Morgan fingerprint density at radius 2 is 1.38 bits per heavy atom. The Hall–Kier alpha value is -4.90. The number of benzene rings is 3. The van der Waals surface area contributed by atoms with E-state index in [2.05, 4.69) is 5.32 Å². The molecule has 3 aromatic rings. The SMILES string of the molecule is CC1=C(C(=O)OCOC(=O)C(C)(C)C)N2C(=O)C(NC(=O)C(C(=O)OC(c3ccccc3)c3ccccc3)c3ccccc3)[C@H]2SC1. The lowest BCUT2D eigenvalue weighted by Gasteiger charge is -2.49. The van der Waals surface area contributed by atoms with Crippen LogP contribution in [0.3, 0.4) is 0 Å². The van der Waals surface area contributed by atoms with Gasteiger partial charge in [0.15, 0.2) is 12.0 Å². The fraction of sp³-hybridized carbons (Fsp3) is 0.306. The zero-order valence-corrected chi connectivity index (χ0v) is 27.3. The van der Waals surface area contributed by atoms with Crippen molar-refractivity contribution in [2.75, 3.05) is 12.5 Å². The van der Waals surface area contributed by atoms with Crippen LogP contribution in [0.2, 0.25) is 0 Å². The van der Waals surface area contributed by atoms with Crippen LogP contribution in [0.4, 0.5) is 0 Å². The van der Waals surface area contributed by atoms with Gasteiger partial charge in [0.1, 0.15) is 17.1 Å². The third-order valence-corrected chi connectivity index (χ3v) is 9.14. The molecule has 1 saturated heterocycles. The fourth-order valence-electron chi connectivity index (χ4n) is 5.23. The van der Waals surface area contributed by atoms with Crippen molar-refractivity contribution in [2.45, 2.75) is 51.1 Å². The number of fused-ring (bicyclic) bond motifs is 1. The van der Waals surface area contributed by atoms with E-state index < -0.39 is 65.4 Å². The molecule has 10 nitrogen and oxygen atoms in total. The smallest absolute Gasteiger partial charge is 0.357 e. The standard InChI is InChI=1S/C36H36N2O8S/c1-22-20-47-32-27(31(40)38(32)28(22)34(42)44-21-45-35(43)36(2,3)4)37-30(39)26(23-14-8-5-9-15-23)33(41)46-29(24-16-10-6-11-17-24)25-18-12-7-13-19-25/h5-19,26-27,29,32H,20-21H2,1-4H3,(H,37,39)/t26?,27?,32-/m1/s1. The number of carbonyl (C=O) groups is 5. The van der Waals surface area contributed by atoms with Gasteiger partial charge in [0.2, 0.25) is 12.7 Å². The van der Waals surface area contributed by atoms with Gasteiger partial charge >= 0.3 is 17.9 Å². The number of amides is 2. The summed E-state index contributed by atoms with van der Waals surface area (Å²) >= 11 is 1.37. The molecular weight excluding hydrogens is 620 g/mol. The van der Waals surface area contributed by atoms with Crippen LogP contribution in [0, 0.1) is 5.41 Å². The third kappa shape index (κ3) is 7.41. The first kappa shape index (κ1) is 33.5. The molecule has 0 bridgehead atoms. The van der Waals surface area contributed by atoms with Gasteiger partial charge in [-0.05, 0) is 50.0 Å². The largest absolute Gasteiger partial charge is 0.452 e.